The van der Waals surface area contributed by atoms with Crippen LogP contribution in [0.2, 0.25) is 0 Å². The lowest BCUT2D eigenvalue weighted by Gasteiger charge is -2.29. The number of nitro benzene ring substituents is 1. The van der Waals surface area contributed by atoms with E-state index in [0.717, 1.165) is 16.2 Å². The molecule has 31 heavy (non-hydrogen) atoms. The molecule has 1 fully saturated rings. The Bertz CT molecular complexity index is 1110. The van der Waals surface area contributed by atoms with Crippen LogP contribution in [0.25, 0.3) is 0 Å². The molecule has 0 aliphatic carbocycles. The first-order valence-electron chi connectivity index (χ1n) is 9.25. The third kappa shape index (κ3) is 3.84. The molecule has 2 aliphatic rings. The van der Waals surface area contributed by atoms with E-state index in [1.807, 2.05) is 0 Å². The van der Waals surface area contributed by atoms with Crippen molar-refractivity contribution in [2.75, 3.05) is 4.90 Å². The van der Waals surface area contributed by atoms with Crippen molar-refractivity contribution in [3.63, 3.8) is 0 Å². The average Bonchev–Trinajstić information content (AvgIpc) is 3.25. The molecule has 1 atom stereocenters. The molecular formula is C19H16N4O7S. The summed E-state index contributed by atoms with van der Waals surface area (Å²) in [4.78, 5) is 61.7. The molecular weight excluding hydrogens is 428 g/mol. The maximum Gasteiger partial charge on any atom is 0.412 e. The molecule has 11 nitrogen and oxygen atoms in total. The van der Waals surface area contributed by atoms with Crippen molar-refractivity contribution in [1.82, 2.24) is 10.2 Å². The molecule has 2 aliphatic heterocycles. The van der Waals surface area contributed by atoms with Gasteiger partial charge in [0.25, 0.3) is 11.6 Å². The molecule has 1 aromatic heterocycles. The normalized spacial score (nSPS) is 18.0. The lowest BCUT2D eigenvalue weighted by Crippen LogP contribution is -2.52. The van der Waals surface area contributed by atoms with Crippen molar-refractivity contribution in [3.8, 4) is 0 Å². The molecule has 3 heterocycles. The van der Waals surface area contributed by atoms with Crippen LogP contribution in [0.1, 0.15) is 33.0 Å². The molecule has 160 valence electrons. The Morgan fingerprint density at radius 1 is 1.29 bits per heavy atom. The predicted molar refractivity (Wildman–Crippen MR) is 108 cm³/mol. The molecule has 1 saturated heterocycles. The number of nitrogens with zero attached hydrogens (tertiary/aromatic N) is 3. The Labute approximate surface area is 179 Å². The van der Waals surface area contributed by atoms with Crippen molar-refractivity contribution in [3.05, 3.63) is 55.8 Å². The monoisotopic (exact) mass is 444 g/mol. The highest BCUT2D eigenvalue weighted by Gasteiger charge is 2.40. The number of amides is 4. The van der Waals surface area contributed by atoms with E-state index in [-0.39, 0.29) is 49.1 Å². The van der Waals surface area contributed by atoms with E-state index in [0.29, 0.717) is 15.3 Å². The fraction of sp³-hybridized carbons (Fsp3) is 0.263. The SMILES string of the molecule is O=C1CCC(N2Cc3cc(CN(C(=O)O)c4ccc([N+](=O)[O-])cc4)sc3C2=O)C(=O)N1. The van der Waals surface area contributed by atoms with Gasteiger partial charge in [-0.05, 0) is 30.2 Å². The zero-order valence-corrected chi connectivity index (χ0v) is 16.8. The van der Waals surface area contributed by atoms with Gasteiger partial charge in [0, 0.05) is 35.7 Å². The number of benzene rings is 1. The van der Waals surface area contributed by atoms with Gasteiger partial charge in [-0.3, -0.25) is 34.7 Å². The quantitative estimate of drug-likeness (QED) is 0.407. The maximum atomic E-state index is 12.8. The standard InChI is InChI=1S/C19H16N4O7S/c24-15-6-5-14(17(25)20-15)22-8-10-7-13(31-16(10)18(22)26)9-21(19(27)28)11-1-3-12(4-2-11)23(29)30/h1-4,7,14H,5-6,8-9H2,(H,27,28)(H,20,24,25). The number of nitrogens with one attached hydrogen (secondary N) is 1. The van der Waals surface area contributed by atoms with E-state index < -0.39 is 23.0 Å². The van der Waals surface area contributed by atoms with Crippen LogP contribution in [0.15, 0.2) is 30.3 Å². The number of nitro groups is 1. The molecule has 0 spiro atoms. The van der Waals surface area contributed by atoms with Gasteiger partial charge in [-0.1, -0.05) is 0 Å². The number of imide groups is 1. The minimum atomic E-state index is -1.24. The fourth-order valence-electron chi connectivity index (χ4n) is 3.66. The van der Waals surface area contributed by atoms with Crippen LogP contribution in [-0.4, -0.2) is 44.8 Å². The molecule has 4 rings (SSSR count). The van der Waals surface area contributed by atoms with Crippen LogP contribution in [0.5, 0.6) is 0 Å². The number of hydrogen-bond donors (Lipinski definition) is 2. The number of carboxylic acid groups (broad SMARTS) is 1. The van der Waals surface area contributed by atoms with E-state index >= 15 is 0 Å². The molecule has 2 aromatic rings. The number of thiophene rings is 1. The van der Waals surface area contributed by atoms with Crippen molar-refractivity contribution in [2.24, 2.45) is 0 Å². The zero-order chi connectivity index (χ0) is 22.3. The zero-order valence-electron chi connectivity index (χ0n) is 15.9. The Kier molecular flexibility index (Phi) is 5.15. The number of carbonyl (C=O) groups is 4. The van der Waals surface area contributed by atoms with Gasteiger partial charge in [-0.15, -0.1) is 11.3 Å². The van der Waals surface area contributed by atoms with Crippen LogP contribution >= 0.6 is 11.3 Å². The summed E-state index contributed by atoms with van der Waals surface area (Å²) < 4.78 is 0. The van der Waals surface area contributed by atoms with Gasteiger partial charge in [-0.2, -0.15) is 0 Å². The summed E-state index contributed by atoms with van der Waals surface area (Å²) in [6.07, 6.45) is -0.800. The maximum absolute atomic E-state index is 12.8. The number of non-ortho nitro benzene ring substituents is 1. The number of hydrogen-bond acceptors (Lipinski definition) is 7. The molecule has 12 heteroatoms. The number of anilines is 1. The summed E-state index contributed by atoms with van der Waals surface area (Å²) in [5.41, 5.74) is 0.815. The van der Waals surface area contributed by atoms with Crippen LogP contribution in [0, 0.1) is 10.1 Å². The summed E-state index contributed by atoms with van der Waals surface area (Å²) in [5, 5.41) is 22.6. The third-order valence-corrected chi connectivity index (χ3v) is 6.31. The second-order valence-electron chi connectivity index (χ2n) is 7.11. The topological polar surface area (TPSA) is 150 Å². The highest BCUT2D eigenvalue weighted by Crippen LogP contribution is 2.35. The summed E-state index contributed by atoms with van der Waals surface area (Å²) in [6.45, 7) is 0.179. The number of carbonyl (C=O) groups excluding carboxylic acids is 3. The molecule has 1 unspecified atom stereocenters. The van der Waals surface area contributed by atoms with Crippen molar-refractivity contribution < 1.29 is 29.2 Å². The largest absolute Gasteiger partial charge is 0.465 e. The lowest BCUT2D eigenvalue weighted by atomic mass is 10.0. The van der Waals surface area contributed by atoms with Gasteiger partial charge in [0.15, 0.2) is 0 Å². The smallest absolute Gasteiger partial charge is 0.412 e. The molecule has 0 radical (unpaired) electrons. The Hall–Kier alpha value is -3.80. The first-order chi connectivity index (χ1) is 14.7. The van der Waals surface area contributed by atoms with Crippen LogP contribution in [-0.2, 0) is 22.7 Å². The van der Waals surface area contributed by atoms with E-state index in [4.69, 9.17) is 0 Å². The second kappa shape index (κ2) is 7.80. The van der Waals surface area contributed by atoms with Crippen LogP contribution in [0.3, 0.4) is 0 Å². The minimum Gasteiger partial charge on any atom is -0.465 e. The lowest BCUT2D eigenvalue weighted by molar-refractivity contribution is -0.384. The first kappa shape index (κ1) is 20.5. The van der Waals surface area contributed by atoms with Crippen LogP contribution in [0.4, 0.5) is 16.2 Å². The average molecular weight is 444 g/mol. The van der Waals surface area contributed by atoms with E-state index in [2.05, 4.69) is 5.32 Å². The number of fused-ring (bicyclic) bond motifs is 1. The summed E-state index contributed by atoms with van der Waals surface area (Å²) in [6, 6.07) is 6.17. The predicted octanol–water partition coefficient (Wildman–Crippen LogP) is 2.10. The summed E-state index contributed by atoms with van der Waals surface area (Å²) >= 11 is 1.14. The fourth-order valence-corrected chi connectivity index (χ4v) is 4.77. The van der Waals surface area contributed by atoms with Crippen LogP contribution < -0.4 is 10.2 Å². The summed E-state index contributed by atoms with van der Waals surface area (Å²) in [7, 11) is 0. The van der Waals surface area contributed by atoms with Gasteiger partial charge in [-0.25, -0.2) is 4.79 Å². The van der Waals surface area contributed by atoms with Crippen molar-refractivity contribution >= 4 is 46.5 Å². The third-order valence-electron chi connectivity index (χ3n) is 5.16. The van der Waals surface area contributed by atoms with Gasteiger partial charge in [0.1, 0.15) is 6.04 Å². The van der Waals surface area contributed by atoms with E-state index in [1.54, 1.807) is 6.07 Å². The van der Waals surface area contributed by atoms with E-state index in [9.17, 15) is 34.4 Å². The minimum absolute atomic E-state index is 0.0312. The Balaban J connectivity index is 1.50. The number of rotatable bonds is 5. The molecule has 2 N–H and O–H groups in total. The van der Waals surface area contributed by atoms with E-state index in [1.165, 1.54) is 29.2 Å². The molecule has 4 amide bonds. The Morgan fingerprint density at radius 2 is 2.00 bits per heavy atom. The van der Waals surface area contributed by atoms with Crippen molar-refractivity contribution in [1.29, 1.82) is 0 Å². The number of piperidine rings is 1. The van der Waals surface area contributed by atoms with Gasteiger partial charge < -0.3 is 10.0 Å². The molecule has 0 saturated carbocycles. The molecule has 1 aromatic carbocycles. The van der Waals surface area contributed by atoms with Gasteiger partial charge >= 0.3 is 6.09 Å². The van der Waals surface area contributed by atoms with Gasteiger partial charge in [0.05, 0.1) is 16.3 Å². The van der Waals surface area contributed by atoms with Crippen molar-refractivity contribution in [2.45, 2.75) is 32.0 Å². The second-order valence-corrected chi connectivity index (χ2v) is 8.25. The highest BCUT2D eigenvalue weighted by molar-refractivity contribution is 7.14. The highest BCUT2D eigenvalue weighted by atomic mass is 32.1. The van der Waals surface area contributed by atoms with Gasteiger partial charge in [0.2, 0.25) is 11.8 Å². The Morgan fingerprint density at radius 3 is 2.58 bits per heavy atom. The first-order valence-corrected chi connectivity index (χ1v) is 10.1. The summed E-state index contributed by atoms with van der Waals surface area (Å²) in [5.74, 6) is -1.17. The molecule has 0 bridgehead atoms.